The van der Waals surface area contributed by atoms with Crippen molar-refractivity contribution in [2.24, 2.45) is 17.8 Å². The molecule has 5 heteroatoms. The van der Waals surface area contributed by atoms with Crippen LogP contribution in [0.15, 0.2) is 18.2 Å². The molecule has 0 heterocycles. The van der Waals surface area contributed by atoms with Gasteiger partial charge in [0.15, 0.2) is 6.61 Å². The van der Waals surface area contributed by atoms with E-state index in [0.717, 1.165) is 42.6 Å². The first-order valence-corrected chi connectivity index (χ1v) is 9.27. The van der Waals surface area contributed by atoms with Crippen molar-refractivity contribution in [2.45, 2.75) is 51.0 Å². The molecule has 1 aromatic carbocycles. The van der Waals surface area contributed by atoms with E-state index in [4.69, 9.17) is 10.5 Å². The average molecular weight is 342 g/mol. The van der Waals surface area contributed by atoms with Crippen molar-refractivity contribution in [3.05, 3.63) is 29.3 Å². The lowest BCUT2D eigenvalue weighted by atomic mass is 9.53. The number of esters is 1. The molecule has 0 aliphatic heterocycles. The molecule has 3 N–H and O–H groups in total. The van der Waals surface area contributed by atoms with Crippen LogP contribution in [0.2, 0.25) is 0 Å². The number of ether oxygens (including phenoxy) is 1. The van der Waals surface area contributed by atoms with Gasteiger partial charge in [0, 0.05) is 11.2 Å². The fourth-order valence-corrected chi connectivity index (χ4v) is 5.58. The maximum atomic E-state index is 12.4. The quantitative estimate of drug-likeness (QED) is 0.651. The Morgan fingerprint density at radius 1 is 1.16 bits per heavy atom. The normalized spacial score (nSPS) is 32.4. The molecule has 1 amide bonds. The van der Waals surface area contributed by atoms with Crippen LogP contribution in [0, 0.1) is 24.7 Å². The SMILES string of the molecule is Cc1ccc(C(=O)OCC(=O)NC23CC4CC(CC(C4)C2)C3)cc1N. The summed E-state index contributed by atoms with van der Waals surface area (Å²) in [5, 5.41) is 3.21. The highest BCUT2D eigenvalue weighted by Crippen LogP contribution is 2.55. The number of carbonyl (C=O) groups is 2. The molecule has 0 atom stereocenters. The number of hydrogen-bond donors (Lipinski definition) is 2. The number of amides is 1. The number of aryl methyl sites for hydroxylation is 1. The third-order valence-electron chi connectivity index (χ3n) is 6.29. The van der Waals surface area contributed by atoms with Crippen molar-refractivity contribution in [3.63, 3.8) is 0 Å². The lowest BCUT2D eigenvalue weighted by Crippen LogP contribution is -2.60. The summed E-state index contributed by atoms with van der Waals surface area (Å²) in [6.45, 7) is 1.65. The molecule has 4 aliphatic rings. The summed E-state index contributed by atoms with van der Waals surface area (Å²) in [4.78, 5) is 24.5. The predicted molar refractivity (Wildman–Crippen MR) is 94.9 cm³/mol. The fourth-order valence-electron chi connectivity index (χ4n) is 5.58. The molecule has 0 saturated heterocycles. The van der Waals surface area contributed by atoms with Gasteiger partial charge in [-0.3, -0.25) is 4.79 Å². The van der Waals surface area contributed by atoms with Crippen molar-refractivity contribution in [1.82, 2.24) is 5.32 Å². The van der Waals surface area contributed by atoms with Gasteiger partial charge >= 0.3 is 5.97 Å². The molecule has 25 heavy (non-hydrogen) atoms. The van der Waals surface area contributed by atoms with E-state index < -0.39 is 5.97 Å². The molecule has 4 aliphatic carbocycles. The van der Waals surface area contributed by atoms with Crippen LogP contribution in [-0.4, -0.2) is 24.0 Å². The van der Waals surface area contributed by atoms with Gasteiger partial charge in [0.05, 0.1) is 5.56 Å². The van der Waals surface area contributed by atoms with Crippen LogP contribution in [-0.2, 0) is 9.53 Å². The van der Waals surface area contributed by atoms with Crippen molar-refractivity contribution in [3.8, 4) is 0 Å². The summed E-state index contributed by atoms with van der Waals surface area (Å²) in [6.07, 6.45) is 7.27. The lowest BCUT2D eigenvalue weighted by molar-refractivity contribution is -0.130. The Bertz CT molecular complexity index is 678. The van der Waals surface area contributed by atoms with Gasteiger partial charge in [0.1, 0.15) is 0 Å². The Kier molecular flexibility index (Phi) is 3.97. The second kappa shape index (κ2) is 6.04. The van der Waals surface area contributed by atoms with Crippen LogP contribution in [0.5, 0.6) is 0 Å². The highest BCUT2D eigenvalue weighted by molar-refractivity contribution is 5.92. The van der Waals surface area contributed by atoms with E-state index in [1.807, 2.05) is 6.92 Å². The molecule has 5 rings (SSSR count). The van der Waals surface area contributed by atoms with Crippen LogP contribution < -0.4 is 11.1 Å². The number of hydrogen-bond acceptors (Lipinski definition) is 4. The lowest BCUT2D eigenvalue weighted by Gasteiger charge is -2.56. The second-order valence-corrected chi connectivity index (χ2v) is 8.39. The minimum Gasteiger partial charge on any atom is -0.452 e. The zero-order valence-electron chi connectivity index (χ0n) is 14.7. The molecule has 1 aromatic rings. The molecule has 0 unspecified atom stereocenters. The maximum absolute atomic E-state index is 12.4. The molecule has 0 radical (unpaired) electrons. The molecule has 4 fully saturated rings. The molecule has 134 valence electrons. The van der Waals surface area contributed by atoms with Gasteiger partial charge in [-0.2, -0.15) is 0 Å². The van der Waals surface area contributed by atoms with E-state index in [1.54, 1.807) is 18.2 Å². The van der Waals surface area contributed by atoms with Crippen LogP contribution in [0.25, 0.3) is 0 Å². The van der Waals surface area contributed by atoms with Gasteiger partial charge in [0.2, 0.25) is 0 Å². The largest absolute Gasteiger partial charge is 0.452 e. The molecular weight excluding hydrogens is 316 g/mol. The van der Waals surface area contributed by atoms with Crippen molar-refractivity contribution < 1.29 is 14.3 Å². The first kappa shape index (κ1) is 16.4. The summed E-state index contributed by atoms with van der Waals surface area (Å²) >= 11 is 0. The standard InChI is InChI=1S/C20H26N2O3/c1-12-2-3-16(7-17(12)21)19(24)25-11-18(23)22-20-8-13-4-14(9-20)6-15(5-13)10-20/h2-3,7,13-15H,4-6,8-11,21H2,1H3,(H,22,23). The van der Waals surface area contributed by atoms with Crippen LogP contribution in [0.4, 0.5) is 5.69 Å². The van der Waals surface area contributed by atoms with Crippen LogP contribution in [0.3, 0.4) is 0 Å². The molecule has 0 aromatic heterocycles. The van der Waals surface area contributed by atoms with Crippen LogP contribution in [0.1, 0.15) is 54.4 Å². The van der Waals surface area contributed by atoms with Crippen LogP contribution >= 0.6 is 0 Å². The number of nitrogen functional groups attached to an aromatic ring is 1. The van der Waals surface area contributed by atoms with E-state index in [-0.39, 0.29) is 18.1 Å². The summed E-state index contributed by atoms with van der Waals surface area (Å²) in [5.74, 6) is 1.61. The number of nitrogens with two attached hydrogens (primary N) is 1. The van der Waals surface area contributed by atoms with Crippen molar-refractivity contribution in [1.29, 1.82) is 0 Å². The fraction of sp³-hybridized carbons (Fsp3) is 0.600. The first-order valence-electron chi connectivity index (χ1n) is 9.27. The predicted octanol–water partition coefficient (Wildman–Crippen LogP) is 2.82. The van der Waals surface area contributed by atoms with Gasteiger partial charge in [-0.15, -0.1) is 0 Å². The van der Waals surface area contributed by atoms with Gasteiger partial charge < -0.3 is 15.8 Å². The highest BCUT2D eigenvalue weighted by Gasteiger charge is 2.51. The number of rotatable bonds is 4. The van der Waals surface area contributed by atoms with Gasteiger partial charge in [-0.25, -0.2) is 4.79 Å². The van der Waals surface area contributed by atoms with E-state index >= 15 is 0 Å². The van der Waals surface area contributed by atoms with Crippen molar-refractivity contribution >= 4 is 17.6 Å². The van der Waals surface area contributed by atoms with Gasteiger partial charge in [0.25, 0.3) is 5.91 Å². The monoisotopic (exact) mass is 342 g/mol. The summed E-state index contributed by atoms with van der Waals surface area (Å²) in [5.41, 5.74) is 7.62. The van der Waals surface area contributed by atoms with Crippen molar-refractivity contribution in [2.75, 3.05) is 12.3 Å². The minimum atomic E-state index is -0.507. The molecule has 0 spiro atoms. The Labute approximate surface area is 148 Å². The summed E-state index contributed by atoms with van der Waals surface area (Å²) < 4.78 is 5.19. The maximum Gasteiger partial charge on any atom is 0.338 e. The number of anilines is 1. The van der Waals surface area contributed by atoms with E-state index in [2.05, 4.69) is 5.32 Å². The smallest absolute Gasteiger partial charge is 0.338 e. The number of nitrogens with one attached hydrogen (secondary N) is 1. The zero-order valence-corrected chi connectivity index (χ0v) is 14.7. The zero-order chi connectivity index (χ0) is 17.6. The van der Waals surface area contributed by atoms with Gasteiger partial charge in [-0.05, 0) is 80.9 Å². The minimum absolute atomic E-state index is 0.0491. The topological polar surface area (TPSA) is 81.4 Å². The Balaban J connectivity index is 1.33. The molecule has 4 bridgehead atoms. The molecular formula is C20H26N2O3. The number of benzene rings is 1. The first-order chi connectivity index (χ1) is 11.9. The molecule has 5 nitrogen and oxygen atoms in total. The number of carbonyl (C=O) groups excluding carboxylic acids is 2. The Morgan fingerprint density at radius 3 is 2.32 bits per heavy atom. The van der Waals surface area contributed by atoms with E-state index in [0.29, 0.717) is 11.3 Å². The summed E-state index contributed by atoms with van der Waals surface area (Å²) in [6, 6.07) is 5.04. The van der Waals surface area contributed by atoms with E-state index in [9.17, 15) is 9.59 Å². The highest BCUT2D eigenvalue weighted by atomic mass is 16.5. The van der Waals surface area contributed by atoms with E-state index in [1.165, 1.54) is 19.3 Å². The third kappa shape index (κ3) is 3.24. The van der Waals surface area contributed by atoms with Gasteiger partial charge in [-0.1, -0.05) is 6.07 Å². The Hall–Kier alpha value is -2.04. The molecule has 4 saturated carbocycles. The summed E-state index contributed by atoms with van der Waals surface area (Å²) in [7, 11) is 0. The third-order valence-corrected chi connectivity index (χ3v) is 6.29. The Morgan fingerprint density at radius 2 is 1.76 bits per heavy atom. The second-order valence-electron chi connectivity index (χ2n) is 8.39. The average Bonchev–Trinajstić information content (AvgIpc) is 2.53.